The van der Waals surface area contributed by atoms with Gasteiger partial charge in [-0.05, 0) is 45.0 Å². The van der Waals surface area contributed by atoms with Crippen molar-refractivity contribution in [1.29, 1.82) is 0 Å². The number of Topliss-reactive ketones (excluding diaryl/α,β-unsaturated/α-hetero) is 2. The third-order valence-corrected chi connectivity index (χ3v) is 3.44. The third kappa shape index (κ3) is 4.10. The van der Waals surface area contributed by atoms with Crippen molar-refractivity contribution in [1.82, 2.24) is 4.98 Å². The fourth-order valence-electron chi connectivity index (χ4n) is 2.14. The highest BCUT2D eigenvalue weighted by Gasteiger charge is 2.14. The Balaban J connectivity index is 2.14. The number of benzene rings is 1. The zero-order valence-electron chi connectivity index (χ0n) is 13.8. The lowest BCUT2D eigenvalue weighted by atomic mass is 10.1. The van der Waals surface area contributed by atoms with Gasteiger partial charge in [0.25, 0.3) is 0 Å². The molecule has 2 aromatic rings. The molecule has 126 valence electrons. The molecule has 0 radical (unpaired) electrons. The van der Waals surface area contributed by atoms with Crippen LogP contribution in [0, 0.1) is 0 Å². The number of nitrogens with one attached hydrogen (secondary N) is 1. The summed E-state index contributed by atoms with van der Waals surface area (Å²) < 4.78 is 10.7. The lowest BCUT2D eigenvalue weighted by molar-refractivity contribution is 0.0463. The van der Waals surface area contributed by atoms with Gasteiger partial charge in [0.05, 0.1) is 6.61 Å². The molecule has 0 saturated heterocycles. The van der Waals surface area contributed by atoms with Gasteiger partial charge >= 0.3 is 5.97 Å². The summed E-state index contributed by atoms with van der Waals surface area (Å²) in [4.78, 5) is 37.5. The Morgan fingerprint density at radius 1 is 1.04 bits per heavy atom. The maximum Gasteiger partial charge on any atom is 0.355 e. The van der Waals surface area contributed by atoms with Gasteiger partial charge in [0.15, 0.2) is 11.6 Å². The Labute approximate surface area is 139 Å². The van der Waals surface area contributed by atoms with Crippen LogP contribution in [0.2, 0.25) is 0 Å². The monoisotopic (exact) mass is 329 g/mol. The van der Waals surface area contributed by atoms with Crippen LogP contribution in [0.15, 0.2) is 30.5 Å². The van der Waals surface area contributed by atoms with Crippen molar-refractivity contribution in [2.45, 2.75) is 27.4 Å². The van der Waals surface area contributed by atoms with Crippen LogP contribution < -0.4 is 4.74 Å². The molecule has 0 spiro atoms. The topological polar surface area (TPSA) is 85.5 Å². The molecule has 0 saturated carbocycles. The molecule has 0 amide bonds. The summed E-state index contributed by atoms with van der Waals surface area (Å²) in [5, 5.41) is 0. The second kappa shape index (κ2) is 7.59. The molecule has 0 bridgehead atoms. The summed E-state index contributed by atoms with van der Waals surface area (Å²) >= 11 is 0. The largest absolute Gasteiger partial charge is 0.493 e. The molecular weight excluding hydrogens is 310 g/mol. The number of rotatable bonds is 7. The molecular formula is C18H19NO5. The van der Waals surface area contributed by atoms with Crippen LogP contribution in [0.3, 0.4) is 0 Å². The van der Waals surface area contributed by atoms with Crippen molar-refractivity contribution >= 4 is 17.5 Å². The van der Waals surface area contributed by atoms with Gasteiger partial charge in [0, 0.05) is 22.9 Å². The van der Waals surface area contributed by atoms with Gasteiger partial charge in [-0.25, -0.2) is 4.79 Å². The number of aromatic amines is 1. The minimum Gasteiger partial charge on any atom is -0.493 e. The number of carbonyl (C=O) groups is 3. The molecule has 0 aliphatic rings. The van der Waals surface area contributed by atoms with E-state index in [-0.39, 0.29) is 23.9 Å². The van der Waals surface area contributed by atoms with Crippen LogP contribution in [0.5, 0.6) is 5.75 Å². The van der Waals surface area contributed by atoms with E-state index in [1.165, 1.54) is 26.1 Å². The molecule has 0 unspecified atom stereocenters. The Kier molecular flexibility index (Phi) is 5.52. The van der Waals surface area contributed by atoms with Crippen LogP contribution >= 0.6 is 0 Å². The smallest absolute Gasteiger partial charge is 0.355 e. The van der Waals surface area contributed by atoms with Crippen molar-refractivity contribution in [2.75, 3.05) is 6.61 Å². The predicted octanol–water partition coefficient (Wildman–Crippen LogP) is 3.18. The van der Waals surface area contributed by atoms with Gasteiger partial charge in [-0.15, -0.1) is 0 Å². The first-order valence-electron chi connectivity index (χ1n) is 7.55. The van der Waals surface area contributed by atoms with Crippen LogP contribution in [0.1, 0.15) is 57.5 Å². The number of hydrogen-bond donors (Lipinski definition) is 1. The van der Waals surface area contributed by atoms with Crippen molar-refractivity contribution in [3.63, 3.8) is 0 Å². The van der Waals surface area contributed by atoms with E-state index in [0.717, 1.165) is 0 Å². The molecule has 6 nitrogen and oxygen atoms in total. The quantitative estimate of drug-likeness (QED) is 0.623. The summed E-state index contributed by atoms with van der Waals surface area (Å²) in [6, 6.07) is 6.45. The second-order valence-corrected chi connectivity index (χ2v) is 5.25. The minimum absolute atomic E-state index is 0.0380. The molecule has 1 heterocycles. The second-order valence-electron chi connectivity index (χ2n) is 5.25. The van der Waals surface area contributed by atoms with E-state index in [4.69, 9.17) is 9.47 Å². The van der Waals surface area contributed by atoms with Crippen molar-refractivity contribution < 1.29 is 23.9 Å². The van der Waals surface area contributed by atoms with Crippen LogP contribution in [0.4, 0.5) is 0 Å². The molecule has 1 aromatic heterocycles. The first-order chi connectivity index (χ1) is 11.4. The van der Waals surface area contributed by atoms with Gasteiger partial charge in [-0.2, -0.15) is 0 Å². The summed E-state index contributed by atoms with van der Waals surface area (Å²) in [6.45, 7) is 5.15. The number of ether oxygens (including phenoxy) is 2. The summed E-state index contributed by atoms with van der Waals surface area (Å²) in [7, 11) is 0. The summed E-state index contributed by atoms with van der Waals surface area (Å²) in [5.74, 6) is -0.247. The fourth-order valence-corrected chi connectivity index (χ4v) is 2.14. The van der Waals surface area contributed by atoms with Gasteiger partial charge < -0.3 is 14.5 Å². The van der Waals surface area contributed by atoms with E-state index in [1.54, 1.807) is 18.2 Å². The van der Waals surface area contributed by atoms with E-state index in [1.807, 2.05) is 6.92 Å². The predicted molar refractivity (Wildman–Crippen MR) is 87.5 cm³/mol. The molecule has 0 aliphatic carbocycles. The summed E-state index contributed by atoms with van der Waals surface area (Å²) in [6.07, 6.45) is 1.46. The number of carbonyl (C=O) groups excluding carboxylic acids is 3. The Bertz CT molecular complexity index is 775. The van der Waals surface area contributed by atoms with Crippen molar-refractivity contribution in [3.05, 3.63) is 52.8 Å². The molecule has 2 rings (SSSR count). The van der Waals surface area contributed by atoms with E-state index >= 15 is 0 Å². The normalized spacial score (nSPS) is 10.3. The fraction of sp³-hybridized carbons (Fsp3) is 0.278. The zero-order valence-corrected chi connectivity index (χ0v) is 13.8. The molecule has 6 heteroatoms. The maximum absolute atomic E-state index is 12.1. The number of ketones is 2. The molecule has 1 aromatic carbocycles. The molecule has 0 aliphatic heterocycles. The number of esters is 1. The Morgan fingerprint density at radius 2 is 1.75 bits per heavy atom. The van der Waals surface area contributed by atoms with Gasteiger partial charge in [-0.1, -0.05) is 0 Å². The first-order valence-corrected chi connectivity index (χ1v) is 7.55. The van der Waals surface area contributed by atoms with E-state index in [9.17, 15) is 14.4 Å². The Hall–Kier alpha value is -2.89. The average Bonchev–Trinajstić information content (AvgIpc) is 3.04. The third-order valence-electron chi connectivity index (χ3n) is 3.44. The van der Waals surface area contributed by atoms with E-state index in [2.05, 4.69) is 4.98 Å². The standard InChI is InChI=1S/C18H19NO5/c1-4-23-17-6-5-13(11(2)20)7-15(17)10-24-18(22)16-8-14(9-19-16)12(3)21/h5-9,19H,4,10H2,1-3H3. The average molecular weight is 329 g/mol. The summed E-state index contributed by atoms with van der Waals surface area (Å²) in [5.41, 5.74) is 1.73. The maximum atomic E-state index is 12.1. The highest BCUT2D eigenvalue weighted by Crippen LogP contribution is 2.22. The molecule has 24 heavy (non-hydrogen) atoms. The van der Waals surface area contributed by atoms with Crippen LogP contribution in [-0.4, -0.2) is 29.1 Å². The Morgan fingerprint density at radius 3 is 2.33 bits per heavy atom. The number of aromatic nitrogens is 1. The van der Waals surface area contributed by atoms with Crippen LogP contribution in [-0.2, 0) is 11.3 Å². The van der Waals surface area contributed by atoms with Gasteiger partial charge in [0.2, 0.25) is 0 Å². The molecule has 0 atom stereocenters. The lowest BCUT2D eigenvalue weighted by Crippen LogP contribution is -2.08. The van der Waals surface area contributed by atoms with Crippen LogP contribution in [0.25, 0.3) is 0 Å². The molecule has 0 fully saturated rings. The SMILES string of the molecule is CCOc1ccc(C(C)=O)cc1COC(=O)c1cc(C(C)=O)c[nH]1. The highest BCUT2D eigenvalue weighted by atomic mass is 16.5. The lowest BCUT2D eigenvalue weighted by Gasteiger charge is -2.11. The molecule has 1 N–H and O–H groups in total. The van der Waals surface area contributed by atoms with E-state index in [0.29, 0.717) is 29.0 Å². The zero-order chi connectivity index (χ0) is 17.7. The number of H-pyrrole nitrogens is 1. The van der Waals surface area contributed by atoms with Crippen molar-refractivity contribution in [3.8, 4) is 5.75 Å². The minimum atomic E-state index is -0.585. The number of hydrogen-bond acceptors (Lipinski definition) is 5. The van der Waals surface area contributed by atoms with Crippen molar-refractivity contribution in [2.24, 2.45) is 0 Å². The van der Waals surface area contributed by atoms with Gasteiger partial charge in [0.1, 0.15) is 18.1 Å². The van der Waals surface area contributed by atoms with E-state index < -0.39 is 5.97 Å². The first kappa shape index (κ1) is 17.5. The van der Waals surface area contributed by atoms with Gasteiger partial charge in [-0.3, -0.25) is 9.59 Å². The highest BCUT2D eigenvalue weighted by molar-refractivity contribution is 5.97.